The average Bonchev–Trinajstić information content (AvgIpc) is 2.50. The van der Waals surface area contributed by atoms with Crippen LogP contribution in [0.2, 0.25) is 5.02 Å². The van der Waals surface area contributed by atoms with Gasteiger partial charge in [-0.2, -0.15) is 0 Å². The molecule has 1 N–H and O–H groups in total. The van der Waals surface area contributed by atoms with E-state index in [0.717, 1.165) is 5.46 Å². The molecular formula is C14H19BClNO3. The van der Waals surface area contributed by atoms with Gasteiger partial charge in [-0.25, -0.2) is 0 Å². The van der Waals surface area contributed by atoms with Crippen LogP contribution in [-0.4, -0.2) is 24.2 Å². The Bertz CT molecular complexity index is 529. The number of rotatable bonds is 2. The Balaban J connectivity index is 2.34. The zero-order valence-corrected chi connectivity index (χ0v) is 13.2. The van der Waals surface area contributed by atoms with Gasteiger partial charge >= 0.3 is 7.12 Å². The van der Waals surface area contributed by atoms with Gasteiger partial charge in [0.2, 0.25) is 5.91 Å². The zero-order chi connectivity index (χ0) is 15.1. The second kappa shape index (κ2) is 5.06. The lowest BCUT2D eigenvalue weighted by atomic mass is 9.79. The molecule has 6 heteroatoms. The molecule has 2 rings (SSSR count). The van der Waals surface area contributed by atoms with E-state index in [4.69, 9.17) is 20.9 Å². The highest BCUT2D eigenvalue weighted by atomic mass is 35.5. The molecule has 1 aromatic carbocycles. The van der Waals surface area contributed by atoms with Gasteiger partial charge in [0, 0.05) is 12.4 Å². The van der Waals surface area contributed by atoms with E-state index >= 15 is 0 Å². The molecule has 20 heavy (non-hydrogen) atoms. The van der Waals surface area contributed by atoms with Crippen LogP contribution >= 0.6 is 11.6 Å². The van der Waals surface area contributed by atoms with Crippen LogP contribution in [-0.2, 0) is 14.1 Å². The summed E-state index contributed by atoms with van der Waals surface area (Å²) in [7, 11) is -0.541. The average molecular weight is 296 g/mol. The maximum absolute atomic E-state index is 11.2. The molecule has 1 aromatic rings. The molecule has 1 aliphatic rings. The van der Waals surface area contributed by atoms with E-state index in [-0.39, 0.29) is 5.91 Å². The Hall–Kier alpha value is -1.04. The Kier molecular flexibility index (Phi) is 3.89. The number of hydrogen-bond donors (Lipinski definition) is 1. The summed E-state index contributed by atoms with van der Waals surface area (Å²) in [5, 5.41) is 3.14. The molecule has 1 amide bonds. The Morgan fingerprint density at radius 3 is 2.25 bits per heavy atom. The van der Waals surface area contributed by atoms with Crippen LogP contribution in [0.5, 0.6) is 0 Å². The zero-order valence-electron chi connectivity index (χ0n) is 12.4. The quantitative estimate of drug-likeness (QED) is 0.853. The van der Waals surface area contributed by atoms with E-state index in [1.807, 2.05) is 39.8 Å². The molecule has 0 spiro atoms. The third kappa shape index (κ3) is 2.71. The van der Waals surface area contributed by atoms with Crippen molar-refractivity contribution in [3.8, 4) is 0 Å². The molecule has 0 aliphatic carbocycles. The van der Waals surface area contributed by atoms with Gasteiger partial charge in [-0.15, -0.1) is 0 Å². The standard InChI is InChI=1S/C14H19BClNO3/c1-9(18)17-11-8-6-7-10(12(11)16)15-19-13(2,3)14(4,5)20-15/h6-8H,1-5H3,(H,17,18). The highest BCUT2D eigenvalue weighted by Crippen LogP contribution is 2.37. The fraction of sp³-hybridized carbons (Fsp3) is 0.500. The predicted octanol–water partition coefficient (Wildman–Crippen LogP) is 2.60. The fourth-order valence-corrected chi connectivity index (χ4v) is 2.25. The summed E-state index contributed by atoms with van der Waals surface area (Å²) in [6, 6.07) is 5.41. The lowest BCUT2D eigenvalue weighted by Crippen LogP contribution is -2.41. The number of carbonyl (C=O) groups is 1. The molecule has 0 bridgehead atoms. The van der Waals surface area contributed by atoms with Crippen molar-refractivity contribution in [2.75, 3.05) is 5.32 Å². The van der Waals surface area contributed by atoms with Crippen molar-refractivity contribution in [3.63, 3.8) is 0 Å². The normalized spacial score (nSPS) is 20.0. The van der Waals surface area contributed by atoms with Crippen molar-refractivity contribution >= 4 is 35.8 Å². The van der Waals surface area contributed by atoms with Crippen molar-refractivity contribution in [3.05, 3.63) is 23.2 Å². The van der Waals surface area contributed by atoms with Crippen LogP contribution in [0.3, 0.4) is 0 Å². The molecule has 0 saturated carbocycles. The van der Waals surface area contributed by atoms with E-state index in [9.17, 15) is 4.79 Å². The smallest absolute Gasteiger partial charge is 0.399 e. The minimum Gasteiger partial charge on any atom is -0.399 e. The van der Waals surface area contributed by atoms with Gasteiger partial charge in [-0.3, -0.25) is 4.79 Å². The largest absolute Gasteiger partial charge is 0.496 e. The topological polar surface area (TPSA) is 47.6 Å². The lowest BCUT2D eigenvalue weighted by molar-refractivity contribution is -0.114. The van der Waals surface area contributed by atoms with Crippen LogP contribution in [0.1, 0.15) is 34.6 Å². The van der Waals surface area contributed by atoms with Gasteiger partial charge in [0.15, 0.2) is 0 Å². The van der Waals surface area contributed by atoms with Gasteiger partial charge in [0.1, 0.15) is 0 Å². The third-order valence-electron chi connectivity index (χ3n) is 3.85. The highest BCUT2D eigenvalue weighted by molar-refractivity contribution is 6.66. The molecule has 1 aliphatic heterocycles. The van der Waals surface area contributed by atoms with Gasteiger partial charge in [0.05, 0.1) is 21.9 Å². The summed E-state index contributed by atoms with van der Waals surface area (Å²) in [6.07, 6.45) is 0. The van der Waals surface area contributed by atoms with Gasteiger partial charge < -0.3 is 14.6 Å². The first-order valence-corrected chi connectivity index (χ1v) is 6.93. The number of amides is 1. The van der Waals surface area contributed by atoms with Crippen molar-refractivity contribution in [2.45, 2.75) is 45.8 Å². The van der Waals surface area contributed by atoms with E-state index in [0.29, 0.717) is 10.7 Å². The SMILES string of the molecule is CC(=O)Nc1cccc(B2OC(C)(C)C(C)(C)O2)c1Cl. The minimum atomic E-state index is -0.541. The maximum atomic E-state index is 11.2. The summed E-state index contributed by atoms with van der Waals surface area (Å²) >= 11 is 6.34. The molecule has 108 valence electrons. The van der Waals surface area contributed by atoms with E-state index in [1.54, 1.807) is 6.07 Å². The second-order valence-electron chi connectivity index (χ2n) is 5.98. The summed E-state index contributed by atoms with van der Waals surface area (Å²) in [4.78, 5) is 11.2. The van der Waals surface area contributed by atoms with E-state index in [1.165, 1.54) is 6.92 Å². The monoisotopic (exact) mass is 295 g/mol. The van der Waals surface area contributed by atoms with Gasteiger partial charge in [-0.1, -0.05) is 23.7 Å². The van der Waals surface area contributed by atoms with Crippen LogP contribution in [0.4, 0.5) is 5.69 Å². The Labute approximate surface area is 124 Å². The van der Waals surface area contributed by atoms with Crippen LogP contribution in [0.25, 0.3) is 0 Å². The number of hydrogen-bond acceptors (Lipinski definition) is 3. The molecule has 0 radical (unpaired) electrons. The number of carbonyl (C=O) groups excluding carboxylic acids is 1. The summed E-state index contributed by atoms with van der Waals surface area (Å²) in [5.74, 6) is -0.169. The molecule has 0 aromatic heterocycles. The van der Waals surface area contributed by atoms with Gasteiger partial charge in [0.25, 0.3) is 0 Å². The highest BCUT2D eigenvalue weighted by Gasteiger charge is 2.52. The first-order chi connectivity index (χ1) is 9.14. The summed E-state index contributed by atoms with van der Waals surface area (Å²) < 4.78 is 11.9. The van der Waals surface area contributed by atoms with E-state index in [2.05, 4.69) is 5.32 Å². The first kappa shape index (κ1) is 15.4. The van der Waals surface area contributed by atoms with Crippen molar-refractivity contribution in [1.82, 2.24) is 0 Å². The van der Waals surface area contributed by atoms with Gasteiger partial charge in [-0.05, 0) is 33.8 Å². The Morgan fingerprint density at radius 2 is 1.75 bits per heavy atom. The molecule has 1 saturated heterocycles. The first-order valence-electron chi connectivity index (χ1n) is 6.56. The number of halogens is 1. The second-order valence-corrected chi connectivity index (χ2v) is 6.36. The maximum Gasteiger partial charge on any atom is 0.496 e. The molecule has 0 atom stereocenters. The van der Waals surface area contributed by atoms with E-state index < -0.39 is 18.3 Å². The fourth-order valence-electron chi connectivity index (χ4n) is 1.99. The molecular weight excluding hydrogens is 276 g/mol. The Morgan fingerprint density at radius 1 is 1.20 bits per heavy atom. The number of anilines is 1. The van der Waals surface area contributed by atoms with Crippen LogP contribution in [0, 0.1) is 0 Å². The molecule has 4 nitrogen and oxygen atoms in total. The van der Waals surface area contributed by atoms with Crippen LogP contribution < -0.4 is 10.8 Å². The third-order valence-corrected chi connectivity index (χ3v) is 4.27. The molecule has 1 heterocycles. The van der Waals surface area contributed by atoms with Crippen molar-refractivity contribution < 1.29 is 14.1 Å². The van der Waals surface area contributed by atoms with Crippen LogP contribution in [0.15, 0.2) is 18.2 Å². The summed E-state index contributed by atoms with van der Waals surface area (Å²) in [5.41, 5.74) is 0.429. The minimum absolute atomic E-state index is 0.169. The van der Waals surface area contributed by atoms with Crippen molar-refractivity contribution in [2.24, 2.45) is 0 Å². The number of nitrogens with one attached hydrogen (secondary N) is 1. The lowest BCUT2D eigenvalue weighted by Gasteiger charge is -2.32. The molecule has 1 fully saturated rings. The van der Waals surface area contributed by atoms with Crippen molar-refractivity contribution in [1.29, 1.82) is 0 Å². The molecule has 0 unspecified atom stereocenters. The predicted molar refractivity (Wildman–Crippen MR) is 81.5 cm³/mol. The number of benzene rings is 1. The summed E-state index contributed by atoms with van der Waals surface area (Å²) in [6.45, 7) is 9.38.